The molecule has 50 heavy (non-hydrogen) atoms. The molecule has 8 rings (SSSR count). The average molecular weight is 641 g/mol. The van der Waals surface area contributed by atoms with Crippen molar-refractivity contribution in [3.8, 4) is 52.2 Å². The number of fused-ring (bicyclic) bond motifs is 4. The minimum atomic E-state index is -0.449. The van der Waals surface area contributed by atoms with Gasteiger partial charge in [-0.3, -0.25) is 9.59 Å². The number of benzene rings is 6. The summed E-state index contributed by atoms with van der Waals surface area (Å²) in [7, 11) is 0. The number of anilines is 1. The first-order chi connectivity index (χ1) is 24.4. The summed E-state index contributed by atoms with van der Waals surface area (Å²) in [6, 6.07) is 44.0. The topological polar surface area (TPSA) is 137 Å². The molecule has 0 spiro atoms. The van der Waals surface area contributed by atoms with Crippen LogP contribution < -0.4 is 4.90 Å². The van der Waals surface area contributed by atoms with E-state index in [1.54, 1.807) is 60.7 Å². The molecule has 8 heteroatoms. The van der Waals surface area contributed by atoms with Crippen molar-refractivity contribution in [2.45, 2.75) is 0 Å². The summed E-state index contributed by atoms with van der Waals surface area (Å²) >= 11 is 0. The first kappa shape index (κ1) is 29.6. The molecule has 7 aromatic rings. The second-order valence-corrected chi connectivity index (χ2v) is 11.8. The van der Waals surface area contributed by atoms with E-state index in [0.29, 0.717) is 55.8 Å². The van der Waals surface area contributed by atoms with E-state index in [2.05, 4.69) is 24.3 Å². The second-order valence-electron chi connectivity index (χ2n) is 11.8. The van der Waals surface area contributed by atoms with Crippen LogP contribution >= 0.6 is 0 Å². The minimum Gasteiger partial charge on any atom is -0.308 e. The third kappa shape index (κ3) is 4.43. The number of aromatic nitrogens is 1. The van der Waals surface area contributed by atoms with Gasteiger partial charge in [-0.1, -0.05) is 48.5 Å². The van der Waals surface area contributed by atoms with Crippen LogP contribution in [-0.2, 0) is 0 Å². The number of amides is 2. The van der Waals surface area contributed by atoms with Crippen molar-refractivity contribution in [2.24, 2.45) is 0 Å². The normalized spacial score (nSPS) is 12.0. The molecule has 0 saturated heterocycles. The molecule has 0 aliphatic carbocycles. The number of rotatable bonds is 4. The first-order valence-corrected chi connectivity index (χ1v) is 15.5. The SMILES string of the molecule is N#Cc1cc(C#N)cc(-c2cccc3c2c2c(-c4cc(C#N)cc(C#N)c4)cccc2n3-c2cccc3c2C(=O)N(c2ccccc2)C3=O)c1. The van der Waals surface area contributed by atoms with Gasteiger partial charge in [0.25, 0.3) is 11.8 Å². The Balaban J connectivity index is 1.51. The maximum Gasteiger partial charge on any atom is 0.268 e. The highest BCUT2D eigenvalue weighted by atomic mass is 16.2. The van der Waals surface area contributed by atoms with E-state index < -0.39 is 11.8 Å². The molecule has 0 unspecified atom stereocenters. The van der Waals surface area contributed by atoms with Crippen molar-refractivity contribution in [3.05, 3.63) is 155 Å². The van der Waals surface area contributed by atoms with Crippen molar-refractivity contribution in [3.63, 3.8) is 0 Å². The summed E-state index contributed by atoms with van der Waals surface area (Å²) in [6.07, 6.45) is 0. The number of hydrogen-bond donors (Lipinski definition) is 0. The maximum atomic E-state index is 14.2. The predicted octanol–water partition coefficient (Wildman–Crippen LogP) is 8.41. The van der Waals surface area contributed by atoms with Crippen molar-refractivity contribution in [1.82, 2.24) is 4.57 Å². The molecule has 230 valence electrons. The standard InChI is InChI=1S/C42H20N6O2/c43-21-25-15-26(22-44)18-29(17-25)32-9-4-12-35-38(32)39-33(30-19-27(23-45)16-28(20-30)24-46)10-5-13-36(39)48(35)37-14-6-11-34-40(37)42(50)47(41(34)49)31-7-2-1-3-8-31/h1-20H. The van der Waals surface area contributed by atoms with Gasteiger partial charge in [-0.25, -0.2) is 4.90 Å². The smallest absolute Gasteiger partial charge is 0.268 e. The Bertz CT molecular complexity index is 2610. The molecule has 1 aliphatic heterocycles. The van der Waals surface area contributed by atoms with Crippen LogP contribution in [0.1, 0.15) is 43.0 Å². The lowest BCUT2D eigenvalue weighted by molar-refractivity contribution is 0.0926. The first-order valence-electron chi connectivity index (χ1n) is 15.5. The lowest BCUT2D eigenvalue weighted by Gasteiger charge is -2.14. The van der Waals surface area contributed by atoms with Crippen LogP contribution in [0.2, 0.25) is 0 Å². The van der Waals surface area contributed by atoms with E-state index in [9.17, 15) is 30.6 Å². The molecule has 2 heterocycles. The van der Waals surface area contributed by atoms with Crippen molar-refractivity contribution >= 4 is 39.3 Å². The molecule has 6 aromatic carbocycles. The average Bonchev–Trinajstić information content (AvgIpc) is 3.65. The summed E-state index contributed by atoms with van der Waals surface area (Å²) in [5, 5.41) is 40.8. The minimum absolute atomic E-state index is 0.257. The lowest BCUT2D eigenvalue weighted by Crippen LogP contribution is -2.29. The fourth-order valence-corrected chi connectivity index (χ4v) is 6.94. The summed E-state index contributed by atoms with van der Waals surface area (Å²) in [5.74, 6) is -0.871. The van der Waals surface area contributed by atoms with Crippen LogP contribution in [-0.4, -0.2) is 16.4 Å². The molecule has 0 fully saturated rings. The molecular formula is C42H20N6O2. The zero-order valence-electron chi connectivity index (χ0n) is 26.0. The summed E-state index contributed by atoms with van der Waals surface area (Å²) in [6.45, 7) is 0. The van der Waals surface area contributed by atoms with Crippen LogP contribution in [0, 0.1) is 45.3 Å². The number of nitriles is 4. The molecule has 1 aromatic heterocycles. The zero-order chi connectivity index (χ0) is 34.5. The molecule has 8 nitrogen and oxygen atoms in total. The second kappa shape index (κ2) is 11.5. The van der Waals surface area contributed by atoms with Gasteiger partial charge in [0, 0.05) is 10.8 Å². The van der Waals surface area contributed by atoms with Gasteiger partial charge in [-0.15, -0.1) is 0 Å². The monoisotopic (exact) mass is 640 g/mol. The predicted molar refractivity (Wildman–Crippen MR) is 188 cm³/mol. The van der Waals surface area contributed by atoms with E-state index in [4.69, 9.17) is 0 Å². The highest BCUT2D eigenvalue weighted by Crippen LogP contribution is 2.45. The highest BCUT2D eigenvalue weighted by molar-refractivity contribution is 6.36. The Labute approximate surface area is 285 Å². The van der Waals surface area contributed by atoms with Crippen LogP contribution in [0.3, 0.4) is 0 Å². The third-order valence-electron chi connectivity index (χ3n) is 8.97. The third-order valence-corrected chi connectivity index (χ3v) is 8.97. The highest BCUT2D eigenvalue weighted by Gasteiger charge is 2.39. The van der Waals surface area contributed by atoms with Crippen LogP contribution in [0.5, 0.6) is 0 Å². The fraction of sp³-hybridized carbons (Fsp3) is 0. The lowest BCUT2D eigenvalue weighted by atomic mass is 9.92. The van der Waals surface area contributed by atoms with Crippen molar-refractivity contribution in [1.29, 1.82) is 21.0 Å². The zero-order valence-corrected chi connectivity index (χ0v) is 26.0. The molecule has 0 N–H and O–H groups in total. The summed E-state index contributed by atoms with van der Waals surface area (Å²) in [5.41, 5.74) is 6.95. The number of hydrogen-bond acceptors (Lipinski definition) is 6. The Hall–Kier alpha value is -7.78. The molecule has 0 radical (unpaired) electrons. The summed E-state index contributed by atoms with van der Waals surface area (Å²) < 4.78 is 1.95. The Morgan fingerprint density at radius 2 is 0.920 bits per heavy atom. The molecule has 0 bridgehead atoms. The fourth-order valence-electron chi connectivity index (χ4n) is 6.94. The van der Waals surface area contributed by atoms with Gasteiger partial charge in [0.05, 0.1) is 80.1 Å². The quantitative estimate of drug-likeness (QED) is 0.177. The van der Waals surface area contributed by atoms with Crippen LogP contribution in [0.25, 0.3) is 49.7 Å². The number of carbonyl (C=O) groups is 2. The molecular weight excluding hydrogens is 621 g/mol. The van der Waals surface area contributed by atoms with Crippen molar-refractivity contribution in [2.75, 3.05) is 4.90 Å². The van der Waals surface area contributed by atoms with E-state index in [1.165, 1.54) is 17.0 Å². The Morgan fingerprint density at radius 1 is 0.460 bits per heavy atom. The van der Waals surface area contributed by atoms with Gasteiger partial charge in [0.2, 0.25) is 0 Å². The van der Waals surface area contributed by atoms with Gasteiger partial charge in [0.1, 0.15) is 0 Å². The number of para-hydroxylation sites is 1. The molecule has 1 aliphatic rings. The van der Waals surface area contributed by atoms with Crippen LogP contribution in [0.4, 0.5) is 5.69 Å². The van der Waals surface area contributed by atoms with Gasteiger partial charge in [-0.05, 0) is 95.1 Å². The van der Waals surface area contributed by atoms with E-state index >= 15 is 0 Å². The van der Waals surface area contributed by atoms with E-state index in [1.807, 2.05) is 53.1 Å². The van der Waals surface area contributed by atoms with Crippen LogP contribution in [0.15, 0.2) is 121 Å². The largest absolute Gasteiger partial charge is 0.308 e. The number of imide groups is 1. The Morgan fingerprint density at radius 3 is 1.40 bits per heavy atom. The van der Waals surface area contributed by atoms with E-state index in [-0.39, 0.29) is 11.1 Å². The van der Waals surface area contributed by atoms with Gasteiger partial charge < -0.3 is 4.57 Å². The number of carbonyl (C=O) groups excluding carboxylic acids is 2. The Kier molecular flexibility index (Phi) is 6.80. The van der Waals surface area contributed by atoms with Gasteiger partial charge in [-0.2, -0.15) is 21.0 Å². The van der Waals surface area contributed by atoms with Gasteiger partial charge in [0.15, 0.2) is 0 Å². The van der Waals surface area contributed by atoms with Gasteiger partial charge >= 0.3 is 0 Å². The summed E-state index contributed by atoms with van der Waals surface area (Å²) in [4.78, 5) is 29.2. The van der Waals surface area contributed by atoms with E-state index in [0.717, 1.165) is 21.9 Å². The van der Waals surface area contributed by atoms with Crippen molar-refractivity contribution < 1.29 is 9.59 Å². The molecule has 2 amide bonds. The molecule has 0 saturated carbocycles. The maximum absolute atomic E-state index is 14.2. The number of nitrogens with zero attached hydrogens (tertiary/aromatic N) is 6. The molecule has 0 atom stereocenters.